The molecule has 0 radical (unpaired) electrons. The Morgan fingerprint density at radius 1 is 0.800 bits per heavy atom. The maximum Gasteiger partial charge on any atom is 0.262 e. The highest BCUT2D eigenvalue weighted by Gasteiger charge is 2.14. The van der Waals surface area contributed by atoms with Crippen molar-refractivity contribution < 1.29 is 9.53 Å². The number of benzene rings is 1. The number of methoxy groups -OCH3 is 1. The van der Waals surface area contributed by atoms with Crippen molar-refractivity contribution in [3.63, 3.8) is 0 Å². The number of rotatable bonds is 6. The fraction of sp³-hybridized carbons (Fsp3) is 0.0435. The summed E-state index contributed by atoms with van der Waals surface area (Å²) in [6, 6.07) is 20.7. The highest BCUT2D eigenvalue weighted by molar-refractivity contribution is 6.05. The van der Waals surface area contributed by atoms with Crippen LogP contribution in [0.2, 0.25) is 0 Å². The number of hydrogen-bond acceptors (Lipinski definition) is 6. The molecule has 0 spiro atoms. The highest BCUT2D eigenvalue weighted by atomic mass is 16.5. The highest BCUT2D eigenvalue weighted by Crippen LogP contribution is 2.25. The summed E-state index contributed by atoms with van der Waals surface area (Å²) in [5.74, 6) is 1.07. The van der Waals surface area contributed by atoms with E-state index in [1.165, 1.54) is 7.11 Å². The van der Waals surface area contributed by atoms with E-state index in [1.807, 2.05) is 54.6 Å². The molecule has 0 atom stereocenters. The number of amides is 1. The number of carbonyl (C=O) groups is 1. The van der Waals surface area contributed by atoms with Gasteiger partial charge in [0, 0.05) is 24.3 Å². The van der Waals surface area contributed by atoms with E-state index in [1.54, 1.807) is 30.7 Å². The Morgan fingerprint density at radius 2 is 1.50 bits per heavy atom. The Hall–Kier alpha value is -4.26. The van der Waals surface area contributed by atoms with E-state index in [9.17, 15) is 4.79 Å². The smallest absolute Gasteiger partial charge is 0.262 e. The molecule has 1 amide bonds. The van der Waals surface area contributed by atoms with Crippen LogP contribution < -0.4 is 15.4 Å². The molecule has 3 heterocycles. The fourth-order valence-corrected chi connectivity index (χ4v) is 2.94. The Morgan fingerprint density at radius 3 is 2.23 bits per heavy atom. The van der Waals surface area contributed by atoms with Crippen molar-refractivity contribution >= 4 is 23.2 Å². The fourth-order valence-electron chi connectivity index (χ4n) is 2.94. The Labute approximate surface area is 173 Å². The number of para-hydroxylation sites is 1. The second-order valence-electron chi connectivity index (χ2n) is 6.36. The number of nitrogens with one attached hydrogen (secondary N) is 2. The summed E-state index contributed by atoms with van der Waals surface area (Å²) in [7, 11) is 1.47. The first-order valence-electron chi connectivity index (χ1n) is 9.28. The molecule has 0 unspecified atom stereocenters. The number of pyridine rings is 3. The van der Waals surface area contributed by atoms with Crippen LogP contribution in [-0.2, 0) is 0 Å². The van der Waals surface area contributed by atoms with Gasteiger partial charge in [0.1, 0.15) is 17.2 Å². The number of ether oxygens (including phenoxy) is 1. The van der Waals surface area contributed by atoms with Gasteiger partial charge in [-0.2, -0.15) is 0 Å². The van der Waals surface area contributed by atoms with Crippen LogP contribution in [0.15, 0.2) is 85.3 Å². The largest absolute Gasteiger partial charge is 0.480 e. The molecule has 0 fully saturated rings. The molecule has 0 bridgehead atoms. The molecule has 7 nitrogen and oxygen atoms in total. The van der Waals surface area contributed by atoms with Gasteiger partial charge in [-0.25, -0.2) is 15.0 Å². The minimum Gasteiger partial charge on any atom is -0.480 e. The van der Waals surface area contributed by atoms with Gasteiger partial charge in [-0.15, -0.1) is 0 Å². The molecular weight excluding hydrogens is 378 g/mol. The van der Waals surface area contributed by atoms with E-state index in [0.29, 0.717) is 11.4 Å². The van der Waals surface area contributed by atoms with Crippen LogP contribution in [0.1, 0.15) is 10.4 Å². The summed E-state index contributed by atoms with van der Waals surface area (Å²) in [5, 5.41) is 6.07. The molecule has 0 aliphatic rings. The van der Waals surface area contributed by atoms with Gasteiger partial charge in [-0.05, 0) is 59.7 Å². The lowest BCUT2D eigenvalue weighted by molar-refractivity contribution is 0.102. The van der Waals surface area contributed by atoms with Gasteiger partial charge in [0.25, 0.3) is 5.91 Å². The molecule has 1 aromatic carbocycles. The quantitative estimate of drug-likeness (QED) is 0.496. The summed E-state index contributed by atoms with van der Waals surface area (Å²) < 4.78 is 5.15. The number of anilines is 3. The van der Waals surface area contributed by atoms with E-state index < -0.39 is 0 Å². The number of aromatic nitrogens is 3. The summed E-state index contributed by atoms with van der Waals surface area (Å²) in [5.41, 5.74) is 3.14. The molecule has 4 aromatic rings. The molecule has 7 heteroatoms. The third-order valence-electron chi connectivity index (χ3n) is 4.35. The monoisotopic (exact) mass is 397 g/mol. The van der Waals surface area contributed by atoms with Crippen LogP contribution in [0.3, 0.4) is 0 Å². The van der Waals surface area contributed by atoms with E-state index in [-0.39, 0.29) is 11.8 Å². The molecule has 0 saturated heterocycles. The van der Waals surface area contributed by atoms with Crippen molar-refractivity contribution in [3.05, 3.63) is 90.9 Å². The second-order valence-corrected chi connectivity index (χ2v) is 6.36. The van der Waals surface area contributed by atoms with Crippen molar-refractivity contribution in [1.29, 1.82) is 0 Å². The SMILES string of the molecule is COc1ncccc1C(=O)Nc1cc(-c2ccnc(Nc3ccccc3)c2)ccn1. The lowest BCUT2D eigenvalue weighted by Crippen LogP contribution is -2.14. The molecule has 0 aliphatic heterocycles. The third-order valence-corrected chi connectivity index (χ3v) is 4.35. The van der Waals surface area contributed by atoms with Gasteiger partial charge in [0.2, 0.25) is 5.88 Å². The van der Waals surface area contributed by atoms with Crippen LogP contribution in [0.25, 0.3) is 11.1 Å². The molecule has 2 N–H and O–H groups in total. The van der Waals surface area contributed by atoms with Gasteiger partial charge in [-0.3, -0.25) is 4.79 Å². The molecule has 148 valence electrons. The van der Waals surface area contributed by atoms with Crippen LogP contribution in [0.4, 0.5) is 17.3 Å². The van der Waals surface area contributed by atoms with Crippen LogP contribution >= 0.6 is 0 Å². The van der Waals surface area contributed by atoms with Crippen LogP contribution in [0.5, 0.6) is 5.88 Å². The standard InChI is InChI=1S/C23H19N5O2/c1-30-23-19(8-5-11-26-23)22(29)28-21-15-17(10-13-25-21)16-9-12-24-20(14-16)27-18-6-3-2-4-7-18/h2-15H,1H3,(H,24,27)(H,25,28,29). The van der Waals surface area contributed by atoms with Gasteiger partial charge < -0.3 is 15.4 Å². The van der Waals surface area contributed by atoms with Gasteiger partial charge >= 0.3 is 0 Å². The first-order chi connectivity index (χ1) is 14.7. The maximum atomic E-state index is 12.6. The number of nitrogens with zero attached hydrogens (tertiary/aromatic N) is 3. The number of hydrogen-bond donors (Lipinski definition) is 2. The molecule has 0 saturated carbocycles. The molecule has 4 rings (SSSR count). The lowest BCUT2D eigenvalue weighted by Gasteiger charge is -2.10. The summed E-state index contributed by atoms with van der Waals surface area (Å²) >= 11 is 0. The second kappa shape index (κ2) is 8.83. The average Bonchev–Trinajstić information content (AvgIpc) is 2.80. The van der Waals surface area contributed by atoms with Crippen molar-refractivity contribution in [3.8, 4) is 17.0 Å². The normalized spacial score (nSPS) is 10.3. The summed E-state index contributed by atoms with van der Waals surface area (Å²) in [4.78, 5) is 25.3. The van der Waals surface area contributed by atoms with Gasteiger partial charge in [0.15, 0.2) is 0 Å². The Kier molecular flexibility index (Phi) is 5.61. The number of carbonyl (C=O) groups excluding carboxylic acids is 1. The van der Waals surface area contributed by atoms with E-state index in [0.717, 1.165) is 22.6 Å². The zero-order valence-corrected chi connectivity index (χ0v) is 16.2. The van der Waals surface area contributed by atoms with Crippen molar-refractivity contribution in [2.45, 2.75) is 0 Å². The predicted molar refractivity (Wildman–Crippen MR) is 116 cm³/mol. The molecule has 30 heavy (non-hydrogen) atoms. The van der Waals surface area contributed by atoms with E-state index in [4.69, 9.17) is 4.74 Å². The van der Waals surface area contributed by atoms with Crippen molar-refractivity contribution in [1.82, 2.24) is 15.0 Å². The Balaban J connectivity index is 1.55. The van der Waals surface area contributed by atoms with E-state index >= 15 is 0 Å². The van der Waals surface area contributed by atoms with Crippen molar-refractivity contribution in [2.24, 2.45) is 0 Å². The zero-order chi connectivity index (χ0) is 20.8. The molecule has 0 aliphatic carbocycles. The minimum absolute atomic E-state index is 0.261. The van der Waals surface area contributed by atoms with Crippen LogP contribution in [-0.4, -0.2) is 28.0 Å². The topological polar surface area (TPSA) is 89.0 Å². The first kappa shape index (κ1) is 19.1. The maximum absolute atomic E-state index is 12.6. The van der Waals surface area contributed by atoms with Crippen LogP contribution in [0, 0.1) is 0 Å². The first-order valence-corrected chi connectivity index (χ1v) is 9.28. The molecular formula is C23H19N5O2. The van der Waals surface area contributed by atoms with Crippen molar-refractivity contribution in [2.75, 3.05) is 17.7 Å². The average molecular weight is 397 g/mol. The summed E-state index contributed by atoms with van der Waals surface area (Å²) in [6.07, 6.45) is 4.95. The Bertz CT molecular complexity index is 1160. The van der Waals surface area contributed by atoms with Gasteiger partial charge in [0.05, 0.1) is 7.11 Å². The molecule has 3 aromatic heterocycles. The van der Waals surface area contributed by atoms with E-state index in [2.05, 4.69) is 25.6 Å². The zero-order valence-electron chi connectivity index (χ0n) is 16.2. The predicted octanol–water partition coefficient (Wildman–Crippen LogP) is 4.54. The van der Waals surface area contributed by atoms with Gasteiger partial charge in [-0.1, -0.05) is 18.2 Å². The lowest BCUT2D eigenvalue weighted by atomic mass is 10.1. The third kappa shape index (κ3) is 4.41. The summed E-state index contributed by atoms with van der Waals surface area (Å²) in [6.45, 7) is 0. The minimum atomic E-state index is -0.342.